The van der Waals surface area contributed by atoms with Crippen LogP contribution in [0.2, 0.25) is 0 Å². The number of carbonyl (C=O) groups is 1. The lowest BCUT2D eigenvalue weighted by Crippen LogP contribution is -2.40. The summed E-state index contributed by atoms with van der Waals surface area (Å²) in [5.41, 5.74) is 6.22. The van der Waals surface area contributed by atoms with Crippen molar-refractivity contribution in [3.8, 4) is 0 Å². The summed E-state index contributed by atoms with van der Waals surface area (Å²) in [7, 11) is -3.19. The zero-order valence-corrected chi connectivity index (χ0v) is 11.1. The van der Waals surface area contributed by atoms with Gasteiger partial charge in [0.25, 0.3) is 0 Å². The van der Waals surface area contributed by atoms with Crippen LogP contribution in [0.25, 0.3) is 0 Å². The Bertz CT molecular complexity index is 542. The molecule has 0 heterocycles. The van der Waals surface area contributed by atoms with Gasteiger partial charge in [0.15, 0.2) is 15.6 Å². The van der Waals surface area contributed by atoms with E-state index in [0.29, 0.717) is 5.56 Å². The van der Waals surface area contributed by atoms with Gasteiger partial charge in [-0.15, -0.1) is 0 Å². The molecule has 0 aliphatic heterocycles. The Labute approximate surface area is 107 Å². The monoisotopic (exact) mass is 267 g/mol. The molecule has 0 amide bonds. The third-order valence-corrected chi connectivity index (χ3v) is 5.17. The third-order valence-electron chi connectivity index (χ3n) is 3.42. The van der Waals surface area contributed by atoms with Gasteiger partial charge in [-0.2, -0.15) is 0 Å². The maximum absolute atomic E-state index is 12.0. The molecule has 4 nitrogen and oxygen atoms in total. The lowest BCUT2D eigenvalue weighted by atomic mass is 9.76. The van der Waals surface area contributed by atoms with Crippen molar-refractivity contribution in [2.75, 3.05) is 5.75 Å². The minimum atomic E-state index is -3.19. The first-order chi connectivity index (χ1) is 8.44. The molecule has 0 unspecified atom stereocenters. The van der Waals surface area contributed by atoms with Crippen molar-refractivity contribution in [3.05, 3.63) is 29.8 Å². The van der Waals surface area contributed by atoms with E-state index in [1.165, 1.54) is 12.1 Å². The van der Waals surface area contributed by atoms with Crippen LogP contribution in [0.4, 0.5) is 0 Å². The predicted molar refractivity (Wildman–Crippen MR) is 69.2 cm³/mol. The van der Waals surface area contributed by atoms with Gasteiger partial charge in [-0.05, 0) is 25.0 Å². The number of carbonyl (C=O) groups excluding carboxylic acids is 1. The minimum Gasteiger partial charge on any atom is -0.328 e. The summed E-state index contributed by atoms with van der Waals surface area (Å²) < 4.78 is 23.2. The Kier molecular flexibility index (Phi) is 3.54. The number of hydrogen-bond donors (Lipinski definition) is 1. The molecule has 2 rings (SSSR count). The normalized spacial score (nSPS) is 23.4. The van der Waals surface area contributed by atoms with Gasteiger partial charge in [-0.1, -0.05) is 19.1 Å². The lowest BCUT2D eigenvalue weighted by Gasteiger charge is -2.31. The van der Waals surface area contributed by atoms with Crippen molar-refractivity contribution in [1.82, 2.24) is 0 Å². The average molecular weight is 267 g/mol. The molecule has 0 radical (unpaired) electrons. The Morgan fingerprint density at radius 2 is 1.83 bits per heavy atom. The van der Waals surface area contributed by atoms with E-state index in [9.17, 15) is 13.2 Å². The fraction of sp³-hybridized carbons (Fsp3) is 0.462. The molecule has 0 saturated heterocycles. The molecule has 0 bridgehead atoms. The number of rotatable bonds is 4. The first-order valence-corrected chi connectivity index (χ1v) is 7.72. The van der Waals surface area contributed by atoms with Crippen LogP contribution in [-0.2, 0) is 9.84 Å². The highest BCUT2D eigenvalue weighted by Crippen LogP contribution is 2.29. The van der Waals surface area contributed by atoms with E-state index < -0.39 is 9.84 Å². The first kappa shape index (κ1) is 13.2. The van der Waals surface area contributed by atoms with E-state index >= 15 is 0 Å². The first-order valence-electron chi connectivity index (χ1n) is 6.06. The number of nitrogens with two attached hydrogens (primary N) is 1. The number of ketones is 1. The Balaban J connectivity index is 2.15. The molecule has 5 heteroatoms. The Morgan fingerprint density at radius 1 is 1.28 bits per heavy atom. The van der Waals surface area contributed by atoms with Gasteiger partial charge < -0.3 is 5.73 Å². The molecule has 0 aromatic heterocycles. The van der Waals surface area contributed by atoms with Gasteiger partial charge in [0.05, 0.1) is 10.6 Å². The van der Waals surface area contributed by atoms with Gasteiger partial charge >= 0.3 is 0 Å². The van der Waals surface area contributed by atoms with E-state index in [2.05, 4.69) is 0 Å². The van der Waals surface area contributed by atoms with Crippen molar-refractivity contribution < 1.29 is 13.2 Å². The van der Waals surface area contributed by atoms with E-state index in [1.54, 1.807) is 19.1 Å². The van der Waals surface area contributed by atoms with Crippen LogP contribution in [0.3, 0.4) is 0 Å². The number of sulfone groups is 1. The fourth-order valence-electron chi connectivity index (χ4n) is 2.10. The molecule has 0 spiro atoms. The number of hydrogen-bond acceptors (Lipinski definition) is 4. The highest BCUT2D eigenvalue weighted by Gasteiger charge is 2.32. The van der Waals surface area contributed by atoms with Crippen LogP contribution in [0, 0.1) is 5.92 Å². The molecule has 1 aliphatic rings. The molecular weight excluding hydrogens is 250 g/mol. The van der Waals surface area contributed by atoms with Gasteiger partial charge in [-0.3, -0.25) is 4.79 Å². The van der Waals surface area contributed by atoms with Gasteiger partial charge in [-0.25, -0.2) is 8.42 Å². The predicted octanol–water partition coefficient (Wildman–Crippen LogP) is 1.40. The van der Waals surface area contributed by atoms with Crippen molar-refractivity contribution in [2.45, 2.75) is 30.7 Å². The van der Waals surface area contributed by atoms with Gasteiger partial charge in [0.2, 0.25) is 0 Å². The van der Waals surface area contributed by atoms with Crippen LogP contribution in [0.5, 0.6) is 0 Å². The van der Waals surface area contributed by atoms with Gasteiger partial charge in [0, 0.05) is 17.5 Å². The second kappa shape index (κ2) is 4.82. The fourth-order valence-corrected chi connectivity index (χ4v) is 2.99. The summed E-state index contributed by atoms with van der Waals surface area (Å²) >= 11 is 0. The van der Waals surface area contributed by atoms with Crippen molar-refractivity contribution >= 4 is 15.6 Å². The molecule has 1 fully saturated rings. The second-order valence-electron chi connectivity index (χ2n) is 4.72. The minimum absolute atomic E-state index is 0.00799. The van der Waals surface area contributed by atoms with E-state index in [0.717, 1.165) is 12.8 Å². The quantitative estimate of drug-likeness (QED) is 0.836. The molecule has 98 valence electrons. The standard InChI is InChI=1S/C13H17NO3S/c1-2-18(16,17)12-5-3-9(4-6-12)13(15)10-7-11(14)8-10/h3-6,10-11H,2,7-8,14H2,1H3. The SMILES string of the molecule is CCS(=O)(=O)c1ccc(C(=O)C2CC(N)C2)cc1. The summed E-state index contributed by atoms with van der Waals surface area (Å²) in [5.74, 6) is 0.142. The largest absolute Gasteiger partial charge is 0.328 e. The highest BCUT2D eigenvalue weighted by molar-refractivity contribution is 7.91. The molecule has 1 aromatic carbocycles. The van der Waals surface area contributed by atoms with E-state index in [4.69, 9.17) is 5.73 Å². The Morgan fingerprint density at radius 3 is 2.28 bits per heavy atom. The third kappa shape index (κ3) is 2.47. The Hall–Kier alpha value is -1.20. The maximum Gasteiger partial charge on any atom is 0.178 e. The van der Waals surface area contributed by atoms with E-state index in [1.807, 2.05) is 0 Å². The number of Topliss-reactive ketones (excluding diaryl/α,β-unsaturated/α-hetero) is 1. The molecule has 0 atom stereocenters. The lowest BCUT2D eigenvalue weighted by molar-refractivity contribution is 0.0832. The van der Waals surface area contributed by atoms with Gasteiger partial charge in [0.1, 0.15) is 0 Å². The van der Waals surface area contributed by atoms with Crippen molar-refractivity contribution in [3.63, 3.8) is 0 Å². The second-order valence-corrected chi connectivity index (χ2v) is 7.00. The van der Waals surface area contributed by atoms with Crippen molar-refractivity contribution in [1.29, 1.82) is 0 Å². The molecule has 18 heavy (non-hydrogen) atoms. The topological polar surface area (TPSA) is 77.2 Å². The summed E-state index contributed by atoms with van der Waals surface area (Å²) in [4.78, 5) is 12.3. The molecule has 2 N–H and O–H groups in total. The highest BCUT2D eigenvalue weighted by atomic mass is 32.2. The summed E-state index contributed by atoms with van der Waals surface area (Å²) in [5, 5.41) is 0. The van der Waals surface area contributed by atoms with Crippen LogP contribution in [0.15, 0.2) is 29.2 Å². The van der Waals surface area contributed by atoms with E-state index in [-0.39, 0.29) is 28.4 Å². The summed E-state index contributed by atoms with van der Waals surface area (Å²) in [6.07, 6.45) is 1.46. The molecule has 1 aliphatic carbocycles. The van der Waals surface area contributed by atoms with Crippen LogP contribution in [-0.4, -0.2) is 26.0 Å². The van der Waals surface area contributed by atoms with Crippen molar-refractivity contribution in [2.24, 2.45) is 11.7 Å². The number of benzene rings is 1. The molecular formula is C13H17NO3S. The zero-order valence-electron chi connectivity index (χ0n) is 10.3. The zero-order chi connectivity index (χ0) is 13.3. The summed E-state index contributed by atoms with van der Waals surface area (Å²) in [6, 6.07) is 6.33. The molecule has 1 aromatic rings. The van der Waals surface area contributed by atoms with Crippen LogP contribution in [0.1, 0.15) is 30.1 Å². The molecule has 1 saturated carbocycles. The maximum atomic E-state index is 12.0. The van der Waals surface area contributed by atoms with Crippen LogP contribution < -0.4 is 5.73 Å². The summed E-state index contributed by atoms with van der Waals surface area (Å²) in [6.45, 7) is 1.60. The smallest absolute Gasteiger partial charge is 0.178 e. The van der Waals surface area contributed by atoms with Crippen LogP contribution >= 0.6 is 0 Å². The average Bonchev–Trinajstić information content (AvgIpc) is 2.34.